The van der Waals surface area contributed by atoms with E-state index in [1.54, 1.807) is 13.0 Å². The number of rotatable bonds is 17. The Hall–Kier alpha value is -3.14. The topological polar surface area (TPSA) is 151 Å². The van der Waals surface area contributed by atoms with Crippen LogP contribution < -0.4 is 15.2 Å². The van der Waals surface area contributed by atoms with Crippen molar-refractivity contribution in [2.45, 2.75) is 91.0 Å². The van der Waals surface area contributed by atoms with Crippen LogP contribution in [0, 0.1) is 5.92 Å². The first-order valence-electron chi connectivity index (χ1n) is 13.0. The third-order valence-corrected chi connectivity index (χ3v) is 5.74. The van der Waals surface area contributed by atoms with Gasteiger partial charge in [-0.25, -0.2) is 4.79 Å². The Labute approximate surface area is 218 Å². The van der Waals surface area contributed by atoms with Crippen LogP contribution in [0.5, 0.6) is 11.5 Å². The van der Waals surface area contributed by atoms with Crippen LogP contribution in [0.1, 0.15) is 90.5 Å². The molecule has 0 amide bonds. The Morgan fingerprint density at radius 1 is 0.865 bits per heavy atom. The molecule has 0 spiro atoms. The molecule has 0 heterocycles. The van der Waals surface area contributed by atoms with Gasteiger partial charge in [0, 0.05) is 18.8 Å². The molecule has 1 aromatic rings. The lowest BCUT2D eigenvalue weighted by Gasteiger charge is -2.28. The fraction of sp³-hybridized carbons (Fsp3) is 0.630. The van der Waals surface area contributed by atoms with E-state index in [1.807, 2.05) is 20.8 Å². The lowest BCUT2D eigenvalue weighted by molar-refractivity contribution is -0.139. The second-order valence-electron chi connectivity index (χ2n) is 8.99. The van der Waals surface area contributed by atoms with Gasteiger partial charge in [-0.05, 0) is 42.9 Å². The Morgan fingerprint density at radius 2 is 1.43 bits per heavy atom. The van der Waals surface area contributed by atoms with Gasteiger partial charge in [-0.1, -0.05) is 53.0 Å². The number of aliphatic carboxylic acids is 1. The second-order valence-corrected chi connectivity index (χ2v) is 8.99. The summed E-state index contributed by atoms with van der Waals surface area (Å²) in [7, 11) is 0. The normalized spacial score (nSPS) is 13.2. The van der Waals surface area contributed by atoms with Gasteiger partial charge in [0.1, 0.15) is 6.04 Å². The van der Waals surface area contributed by atoms with Gasteiger partial charge in [0.05, 0.1) is 13.2 Å². The highest BCUT2D eigenvalue weighted by atomic mass is 16.7. The van der Waals surface area contributed by atoms with E-state index in [2.05, 4.69) is 0 Å². The van der Waals surface area contributed by atoms with Gasteiger partial charge < -0.3 is 29.8 Å². The van der Waals surface area contributed by atoms with Crippen molar-refractivity contribution in [2.75, 3.05) is 13.2 Å². The van der Waals surface area contributed by atoms with Crippen molar-refractivity contribution in [1.82, 2.24) is 0 Å². The molecule has 3 N–H and O–H groups in total. The van der Waals surface area contributed by atoms with Gasteiger partial charge in [-0.15, -0.1) is 0 Å². The highest BCUT2D eigenvalue weighted by molar-refractivity contribution is 5.77. The fourth-order valence-corrected chi connectivity index (χ4v) is 3.57. The van der Waals surface area contributed by atoms with E-state index < -0.39 is 41.9 Å². The number of unbranched alkanes of at least 4 members (excludes halogenated alkanes) is 3. The predicted molar refractivity (Wildman–Crippen MR) is 136 cm³/mol. The molecule has 10 heteroatoms. The first-order chi connectivity index (χ1) is 17.6. The van der Waals surface area contributed by atoms with Crippen LogP contribution in [0.2, 0.25) is 0 Å². The number of carbonyl (C=O) groups is 4. The standard InChI is InChI=1S/C27H41NO9/c1-5-8-11-22(29)36-20-14-13-19(16-21(20)37-23(30)12-9-6-2)24(25(28)26(31)32)18(4)17-35-27(33)34-15-10-7-3/h13-14,16,18,24-25H,5-12,15,17,28H2,1-4H3,(H,31,32)/t18?,24?,25-/m0/s1. The number of carbonyl (C=O) groups excluding carboxylic acids is 3. The Morgan fingerprint density at radius 3 is 1.97 bits per heavy atom. The molecule has 0 fully saturated rings. The summed E-state index contributed by atoms with van der Waals surface area (Å²) in [5.74, 6) is -3.53. The van der Waals surface area contributed by atoms with Crippen molar-refractivity contribution in [1.29, 1.82) is 0 Å². The summed E-state index contributed by atoms with van der Waals surface area (Å²) in [6, 6.07) is 3.12. The van der Waals surface area contributed by atoms with E-state index >= 15 is 0 Å². The quantitative estimate of drug-likeness (QED) is 0.163. The zero-order valence-electron chi connectivity index (χ0n) is 22.3. The summed E-state index contributed by atoms with van der Waals surface area (Å²) < 4.78 is 21.1. The molecule has 0 bridgehead atoms. The van der Waals surface area contributed by atoms with Crippen molar-refractivity contribution in [3.63, 3.8) is 0 Å². The fourth-order valence-electron chi connectivity index (χ4n) is 3.57. The van der Waals surface area contributed by atoms with Crippen molar-refractivity contribution in [2.24, 2.45) is 11.7 Å². The van der Waals surface area contributed by atoms with Gasteiger partial charge in [-0.3, -0.25) is 14.4 Å². The van der Waals surface area contributed by atoms with E-state index in [9.17, 15) is 24.3 Å². The molecule has 0 aromatic heterocycles. The van der Waals surface area contributed by atoms with E-state index in [0.717, 1.165) is 19.3 Å². The maximum atomic E-state index is 12.4. The number of hydrogen-bond donors (Lipinski definition) is 2. The molecule has 0 aliphatic rings. The third kappa shape index (κ3) is 11.6. The molecule has 3 atom stereocenters. The molecule has 208 valence electrons. The highest BCUT2D eigenvalue weighted by Gasteiger charge is 2.33. The SMILES string of the molecule is CCCCOC(=O)OCC(C)C(c1ccc(OC(=O)CCCC)c(OC(=O)CCCC)c1)[C@H](N)C(=O)O. The first kappa shape index (κ1) is 31.9. The third-order valence-electron chi connectivity index (χ3n) is 5.74. The number of nitrogens with two attached hydrogens (primary N) is 1. The molecule has 0 saturated carbocycles. The minimum absolute atomic E-state index is 0.00173. The molecule has 1 aromatic carbocycles. The summed E-state index contributed by atoms with van der Waals surface area (Å²) in [5.41, 5.74) is 6.45. The van der Waals surface area contributed by atoms with E-state index in [1.165, 1.54) is 12.1 Å². The van der Waals surface area contributed by atoms with Crippen molar-refractivity contribution in [3.05, 3.63) is 23.8 Å². The maximum Gasteiger partial charge on any atom is 0.508 e. The van der Waals surface area contributed by atoms with Crippen LogP contribution in [-0.4, -0.2) is 48.4 Å². The predicted octanol–water partition coefficient (Wildman–Crippen LogP) is 4.96. The van der Waals surface area contributed by atoms with E-state index in [-0.39, 0.29) is 37.6 Å². The van der Waals surface area contributed by atoms with Crippen LogP contribution in [0.4, 0.5) is 4.79 Å². The number of esters is 2. The smallest absolute Gasteiger partial charge is 0.480 e. The van der Waals surface area contributed by atoms with E-state index in [0.29, 0.717) is 24.8 Å². The molecule has 10 nitrogen and oxygen atoms in total. The number of hydrogen-bond acceptors (Lipinski definition) is 9. The number of carboxylic acid groups (broad SMARTS) is 1. The number of benzene rings is 1. The lowest BCUT2D eigenvalue weighted by atomic mass is 9.82. The van der Waals surface area contributed by atoms with Gasteiger partial charge in [0.25, 0.3) is 0 Å². The largest absolute Gasteiger partial charge is 0.508 e. The van der Waals surface area contributed by atoms with Crippen molar-refractivity contribution in [3.8, 4) is 11.5 Å². The van der Waals surface area contributed by atoms with Crippen LogP contribution in [-0.2, 0) is 23.9 Å². The van der Waals surface area contributed by atoms with Gasteiger partial charge >= 0.3 is 24.1 Å². The minimum Gasteiger partial charge on any atom is -0.480 e. The van der Waals surface area contributed by atoms with Crippen LogP contribution >= 0.6 is 0 Å². The number of carboxylic acids is 1. The Bertz CT molecular complexity index is 887. The lowest BCUT2D eigenvalue weighted by Crippen LogP contribution is -2.40. The summed E-state index contributed by atoms with van der Waals surface area (Å²) in [6.07, 6.45) is 3.97. The molecule has 1 rings (SSSR count). The molecular formula is C27H41NO9. The molecule has 0 aliphatic heterocycles. The molecular weight excluding hydrogens is 482 g/mol. The van der Waals surface area contributed by atoms with Crippen molar-refractivity contribution < 1.29 is 43.2 Å². The van der Waals surface area contributed by atoms with Crippen LogP contribution in [0.3, 0.4) is 0 Å². The summed E-state index contributed by atoms with van der Waals surface area (Å²) >= 11 is 0. The summed E-state index contributed by atoms with van der Waals surface area (Å²) in [6.45, 7) is 7.63. The summed E-state index contributed by atoms with van der Waals surface area (Å²) in [5, 5.41) is 9.64. The first-order valence-corrected chi connectivity index (χ1v) is 13.0. The zero-order chi connectivity index (χ0) is 27.8. The maximum absolute atomic E-state index is 12.4. The molecule has 0 saturated heterocycles. The van der Waals surface area contributed by atoms with E-state index in [4.69, 9.17) is 24.7 Å². The van der Waals surface area contributed by atoms with Crippen LogP contribution in [0.15, 0.2) is 18.2 Å². The Kier molecular flexibility index (Phi) is 14.9. The second kappa shape index (κ2) is 17.3. The molecule has 0 radical (unpaired) electrons. The monoisotopic (exact) mass is 523 g/mol. The number of ether oxygens (including phenoxy) is 4. The Balaban J connectivity index is 3.23. The average Bonchev–Trinajstić information content (AvgIpc) is 2.86. The molecule has 0 aliphatic carbocycles. The van der Waals surface area contributed by atoms with Gasteiger partial charge in [0.2, 0.25) is 0 Å². The van der Waals surface area contributed by atoms with Crippen molar-refractivity contribution >= 4 is 24.1 Å². The zero-order valence-corrected chi connectivity index (χ0v) is 22.3. The van der Waals surface area contributed by atoms with Gasteiger partial charge in [0.15, 0.2) is 11.5 Å². The summed E-state index contributed by atoms with van der Waals surface area (Å²) in [4.78, 5) is 48.3. The van der Waals surface area contributed by atoms with Crippen LogP contribution in [0.25, 0.3) is 0 Å². The molecule has 37 heavy (non-hydrogen) atoms. The highest BCUT2D eigenvalue weighted by Crippen LogP contribution is 2.36. The van der Waals surface area contributed by atoms with Gasteiger partial charge in [-0.2, -0.15) is 0 Å². The minimum atomic E-state index is -1.35. The molecule has 2 unspecified atom stereocenters. The average molecular weight is 524 g/mol.